The molecule has 0 bridgehead atoms. The highest BCUT2D eigenvalue weighted by Crippen LogP contribution is 2.15. The molecule has 0 aliphatic carbocycles. The van der Waals surface area contributed by atoms with Crippen LogP contribution in [0.15, 0.2) is 30.7 Å². The van der Waals surface area contributed by atoms with Gasteiger partial charge in [0.1, 0.15) is 11.6 Å². The molecule has 2 N–H and O–H groups in total. The van der Waals surface area contributed by atoms with Crippen LogP contribution >= 0.6 is 0 Å². The molecule has 1 heterocycles. The van der Waals surface area contributed by atoms with Gasteiger partial charge in [0, 0.05) is 6.20 Å². The number of halogens is 2. The summed E-state index contributed by atoms with van der Waals surface area (Å²) in [5, 5.41) is 2.77. The van der Waals surface area contributed by atoms with Gasteiger partial charge in [-0.3, -0.25) is 0 Å². The molecular formula is C10H9F2N3. The fourth-order valence-electron chi connectivity index (χ4n) is 1.20. The maximum atomic E-state index is 13.1. The summed E-state index contributed by atoms with van der Waals surface area (Å²) in [6, 6.07) is 3.28. The van der Waals surface area contributed by atoms with Crippen LogP contribution in [0.2, 0.25) is 0 Å². The van der Waals surface area contributed by atoms with Gasteiger partial charge in [-0.15, -0.1) is 0 Å². The quantitative estimate of drug-likeness (QED) is 0.814. The van der Waals surface area contributed by atoms with Crippen LogP contribution in [-0.2, 0) is 6.54 Å². The Bertz CT molecular complexity index is 440. The summed E-state index contributed by atoms with van der Waals surface area (Å²) >= 11 is 0. The van der Waals surface area contributed by atoms with Crippen LogP contribution < -0.4 is 5.32 Å². The molecule has 0 unspecified atom stereocenters. The Morgan fingerprint density at radius 1 is 1.33 bits per heavy atom. The summed E-state index contributed by atoms with van der Waals surface area (Å²) < 4.78 is 25.9. The lowest BCUT2D eigenvalue weighted by Gasteiger charge is -2.05. The van der Waals surface area contributed by atoms with Gasteiger partial charge in [-0.25, -0.2) is 13.8 Å². The fourth-order valence-corrected chi connectivity index (χ4v) is 1.20. The van der Waals surface area contributed by atoms with E-state index in [9.17, 15) is 8.78 Å². The molecule has 2 rings (SSSR count). The van der Waals surface area contributed by atoms with E-state index in [0.717, 1.165) is 23.9 Å². The van der Waals surface area contributed by atoms with Crippen molar-refractivity contribution >= 4 is 5.69 Å². The summed E-state index contributed by atoms with van der Waals surface area (Å²) in [5.74, 6) is -0.945. The van der Waals surface area contributed by atoms with Gasteiger partial charge in [0.15, 0.2) is 0 Å². The van der Waals surface area contributed by atoms with E-state index in [1.165, 1.54) is 6.33 Å². The monoisotopic (exact) mass is 209 g/mol. The molecule has 0 radical (unpaired) electrons. The molecule has 0 fully saturated rings. The zero-order valence-electron chi connectivity index (χ0n) is 7.80. The Labute approximate surface area is 85.2 Å². The minimum atomic E-state index is -0.476. The van der Waals surface area contributed by atoms with E-state index in [1.807, 2.05) is 0 Å². The fraction of sp³-hybridized carbons (Fsp3) is 0.100. The molecule has 0 atom stereocenters. The number of nitrogens with zero attached hydrogens (tertiary/aromatic N) is 1. The first-order valence-electron chi connectivity index (χ1n) is 4.42. The van der Waals surface area contributed by atoms with Crippen LogP contribution in [0.4, 0.5) is 14.5 Å². The number of hydrogen-bond acceptors (Lipinski definition) is 2. The van der Waals surface area contributed by atoms with Crippen molar-refractivity contribution in [2.75, 3.05) is 5.32 Å². The van der Waals surface area contributed by atoms with Crippen LogP contribution in [0.5, 0.6) is 0 Å². The summed E-state index contributed by atoms with van der Waals surface area (Å²) in [6.45, 7) is 0.375. The van der Waals surface area contributed by atoms with Crippen LogP contribution in [0.3, 0.4) is 0 Å². The number of benzene rings is 1. The van der Waals surface area contributed by atoms with Crippen LogP contribution in [0.25, 0.3) is 0 Å². The van der Waals surface area contributed by atoms with E-state index in [2.05, 4.69) is 15.3 Å². The van der Waals surface area contributed by atoms with Crippen molar-refractivity contribution in [3.05, 3.63) is 48.1 Å². The Morgan fingerprint density at radius 3 is 2.93 bits per heavy atom. The minimum Gasteiger partial charge on any atom is -0.377 e. The number of H-pyrrole nitrogens is 1. The minimum absolute atomic E-state index is 0.143. The van der Waals surface area contributed by atoms with Crippen molar-refractivity contribution in [3.8, 4) is 0 Å². The van der Waals surface area contributed by atoms with Gasteiger partial charge in [0.2, 0.25) is 0 Å². The van der Waals surface area contributed by atoms with E-state index in [-0.39, 0.29) is 5.69 Å². The van der Waals surface area contributed by atoms with Gasteiger partial charge in [0.05, 0.1) is 24.3 Å². The summed E-state index contributed by atoms with van der Waals surface area (Å²) in [6.07, 6.45) is 3.14. The number of aromatic nitrogens is 2. The molecule has 0 aliphatic rings. The highest BCUT2D eigenvalue weighted by molar-refractivity contribution is 5.44. The molecule has 1 aromatic carbocycles. The van der Waals surface area contributed by atoms with Gasteiger partial charge >= 0.3 is 0 Å². The molecular weight excluding hydrogens is 200 g/mol. The first kappa shape index (κ1) is 9.64. The number of aromatic amines is 1. The van der Waals surface area contributed by atoms with Crippen LogP contribution in [0, 0.1) is 11.6 Å². The lowest BCUT2D eigenvalue weighted by molar-refractivity contribution is 0.602. The highest BCUT2D eigenvalue weighted by Gasteiger charge is 2.03. The van der Waals surface area contributed by atoms with Crippen LogP contribution in [-0.4, -0.2) is 9.97 Å². The second kappa shape index (κ2) is 4.08. The highest BCUT2D eigenvalue weighted by atomic mass is 19.1. The van der Waals surface area contributed by atoms with E-state index >= 15 is 0 Å². The smallest absolute Gasteiger partial charge is 0.146 e. The largest absolute Gasteiger partial charge is 0.377 e. The lowest BCUT2D eigenvalue weighted by atomic mass is 10.3. The summed E-state index contributed by atoms with van der Waals surface area (Å²) in [7, 11) is 0. The first-order valence-corrected chi connectivity index (χ1v) is 4.42. The first-order chi connectivity index (χ1) is 7.25. The number of imidazole rings is 1. The van der Waals surface area contributed by atoms with Gasteiger partial charge in [-0.1, -0.05) is 0 Å². The van der Waals surface area contributed by atoms with E-state index < -0.39 is 11.6 Å². The molecule has 78 valence electrons. The average molecular weight is 209 g/mol. The van der Waals surface area contributed by atoms with Crippen LogP contribution in [0.1, 0.15) is 5.69 Å². The maximum Gasteiger partial charge on any atom is 0.146 e. The molecule has 0 saturated heterocycles. The zero-order valence-corrected chi connectivity index (χ0v) is 7.80. The van der Waals surface area contributed by atoms with Crippen molar-refractivity contribution in [3.63, 3.8) is 0 Å². The number of anilines is 1. The Hall–Kier alpha value is -1.91. The van der Waals surface area contributed by atoms with Crippen molar-refractivity contribution in [2.24, 2.45) is 0 Å². The van der Waals surface area contributed by atoms with Gasteiger partial charge < -0.3 is 10.3 Å². The molecule has 15 heavy (non-hydrogen) atoms. The lowest BCUT2D eigenvalue weighted by Crippen LogP contribution is -2.02. The maximum absolute atomic E-state index is 13.1. The van der Waals surface area contributed by atoms with Crippen molar-refractivity contribution in [1.82, 2.24) is 9.97 Å². The number of hydrogen-bond donors (Lipinski definition) is 2. The zero-order chi connectivity index (χ0) is 10.7. The normalized spacial score (nSPS) is 10.3. The Balaban J connectivity index is 2.07. The molecule has 1 aromatic heterocycles. The van der Waals surface area contributed by atoms with E-state index in [0.29, 0.717) is 6.54 Å². The van der Waals surface area contributed by atoms with Crippen molar-refractivity contribution in [1.29, 1.82) is 0 Å². The Kier molecular flexibility index (Phi) is 2.62. The van der Waals surface area contributed by atoms with E-state index in [1.54, 1.807) is 6.20 Å². The predicted octanol–water partition coefficient (Wildman–Crippen LogP) is 2.30. The second-order valence-electron chi connectivity index (χ2n) is 3.05. The molecule has 5 heteroatoms. The number of rotatable bonds is 3. The van der Waals surface area contributed by atoms with Gasteiger partial charge in [-0.05, 0) is 18.2 Å². The van der Waals surface area contributed by atoms with Crippen molar-refractivity contribution < 1.29 is 8.78 Å². The van der Waals surface area contributed by atoms with Crippen molar-refractivity contribution in [2.45, 2.75) is 6.54 Å². The molecule has 0 amide bonds. The summed E-state index contributed by atoms with van der Waals surface area (Å²) in [5.41, 5.74) is 0.947. The van der Waals surface area contributed by atoms with Gasteiger partial charge in [-0.2, -0.15) is 0 Å². The average Bonchev–Trinajstić information content (AvgIpc) is 2.72. The molecule has 0 spiro atoms. The third-order valence-corrected chi connectivity index (χ3v) is 1.95. The van der Waals surface area contributed by atoms with E-state index in [4.69, 9.17) is 0 Å². The standard InChI is InChI=1S/C10H9F2N3/c11-7-1-2-9(12)10(3-7)14-5-8-4-13-6-15-8/h1-4,6,14H,5H2,(H,13,15). The second-order valence-corrected chi connectivity index (χ2v) is 3.05. The SMILES string of the molecule is Fc1ccc(F)c(NCc2cnc[nH]2)c1. The topological polar surface area (TPSA) is 40.7 Å². The predicted molar refractivity (Wildman–Crippen MR) is 52.3 cm³/mol. The molecule has 0 aliphatic heterocycles. The molecule has 3 nitrogen and oxygen atoms in total. The third-order valence-electron chi connectivity index (χ3n) is 1.95. The molecule has 2 aromatic rings. The Morgan fingerprint density at radius 2 is 2.20 bits per heavy atom. The summed E-state index contributed by atoms with van der Waals surface area (Å²) in [4.78, 5) is 6.66. The third kappa shape index (κ3) is 2.31. The molecule has 0 saturated carbocycles. The number of nitrogens with one attached hydrogen (secondary N) is 2. The van der Waals surface area contributed by atoms with Gasteiger partial charge in [0.25, 0.3) is 0 Å².